The summed E-state index contributed by atoms with van der Waals surface area (Å²) in [4.78, 5) is 12.3. The van der Waals surface area contributed by atoms with Gasteiger partial charge in [0.1, 0.15) is 5.76 Å². The number of benzene rings is 1. The number of hydrogen-bond donors (Lipinski definition) is 2. The highest BCUT2D eigenvalue weighted by Gasteiger charge is 2.15. The average Bonchev–Trinajstić information content (AvgIpc) is 3.00. The third-order valence-corrected chi connectivity index (χ3v) is 3.80. The van der Waals surface area contributed by atoms with Crippen LogP contribution >= 0.6 is 0 Å². The SMILES string of the molecule is CC(C)c1cccc(C(C)C)c1NC(=O)CNCc1ccco1. The third-order valence-electron chi connectivity index (χ3n) is 3.80. The van der Waals surface area contributed by atoms with Crippen molar-refractivity contribution in [3.63, 3.8) is 0 Å². The van der Waals surface area contributed by atoms with E-state index in [1.807, 2.05) is 12.1 Å². The van der Waals surface area contributed by atoms with Crippen molar-refractivity contribution in [3.8, 4) is 0 Å². The van der Waals surface area contributed by atoms with Crippen LogP contribution in [-0.2, 0) is 11.3 Å². The minimum absolute atomic E-state index is 0.0356. The first-order valence-corrected chi connectivity index (χ1v) is 8.14. The number of nitrogens with one attached hydrogen (secondary N) is 2. The van der Waals surface area contributed by atoms with E-state index in [0.717, 1.165) is 11.4 Å². The van der Waals surface area contributed by atoms with Crippen molar-refractivity contribution in [2.75, 3.05) is 11.9 Å². The van der Waals surface area contributed by atoms with Gasteiger partial charge < -0.3 is 15.1 Å². The van der Waals surface area contributed by atoms with Gasteiger partial charge in [-0.2, -0.15) is 0 Å². The summed E-state index contributed by atoms with van der Waals surface area (Å²) in [5.74, 6) is 1.51. The van der Waals surface area contributed by atoms with Gasteiger partial charge in [0.05, 0.1) is 19.4 Å². The van der Waals surface area contributed by atoms with Crippen molar-refractivity contribution in [3.05, 3.63) is 53.5 Å². The molecular formula is C19H26N2O2. The van der Waals surface area contributed by atoms with Gasteiger partial charge in [-0.3, -0.25) is 4.79 Å². The Morgan fingerprint density at radius 1 is 1.04 bits per heavy atom. The summed E-state index contributed by atoms with van der Waals surface area (Å²) in [6.07, 6.45) is 1.63. The average molecular weight is 314 g/mol. The van der Waals surface area contributed by atoms with Crippen molar-refractivity contribution in [2.24, 2.45) is 0 Å². The Balaban J connectivity index is 2.04. The Kier molecular flexibility index (Phi) is 5.99. The molecule has 2 aromatic rings. The van der Waals surface area contributed by atoms with Gasteiger partial charge in [0.25, 0.3) is 0 Å². The van der Waals surface area contributed by atoms with Crippen LogP contribution < -0.4 is 10.6 Å². The van der Waals surface area contributed by atoms with Crippen LogP contribution in [0.1, 0.15) is 56.4 Å². The molecular weight excluding hydrogens is 288 g/mol. The molecule has 0 saturated carbocycles. The Morgan fingerprint density at radius 3 is 2.22 bits per heavy atom. The first-order valence-electron chi connectivity index (χ1n) is 8.14. The summed E-state index contributed by atoms with van der Waals surface area (Å²) in [7, 11) is 0. The lowest BCUT2D eigenvalue weighted by Gasteiger charge is -2.20. The number of para-hydroxylation sites is 1. The van der Waals surface area contributed by atoms with Crippen LogP contribution in [0.15, 0.2) is 41.0 Å². The molecule has 0 unspecified atom stereocenters. The molecule has 0 radical (unpaired) electrons. The lowest BCUT2D eigenvalue weighted by atomic mass is 9.92. The molecule has 0 aliphatic carbocycles. The standard InChI is InChI=1S/C19H26N2O2/c1-13(2)16-8-5-9-17(14(3)4)19(16)21-18(22)12-20-11-15-7-6-10-23-15/h5-10,13-14,20H,11-12H2,1-4H3,(H,21,22). The predicted octanol–water partition coefficient (Wildman–Crippen LogP) is 4.25. The second kappa shape index (κ2) is 7.97. The van der Waals surface area contributed by atoms with Gasteiger partial charge in [-0.05, 0) is 35.1 Å². The van der Waals surface area contributed by atoms with Crippen molar-refractivity contribution in [1.82, 2.24) is 5.32 Å². The van der Waals surface area contributed by atoms with Gasteiger partial charge in [-0.25, -0.2) is 0 Å². The fraction of sp³-hybridized carbons (Fsp3) is 0.421. The summed E-state index contributed by atoms with van der Waals surface area (Å²) < 4.78 is 5.24. The van der Waals surface area contributed by atoms with Gasteiger partial charge in [0.15, 0.2) is 0 Å². The maximum Gasteiger partial charge on any atom is 0.238 e. The van der Waals surface area contributed by atoms with Crippen LogP contribution in [0.4, 0.5) is 5.69 Å². The highest BCUT2D eigenvalue weighted by Crippen LogP contribution is 2.32. The van der Waals surface area contributed by atoms with E-state index in [4.69, 9.17) is 4.42 Å². The maximum absolute atomic E-state index is 12.3. The molecule has 0 aliphatic rings. The second-order valence-electron chi connectivity index (χ2n) is 6.35. The molecule has 4 nitrogen and oxygen atoms in total. The van der Waals surface area contributed by atoms with Crippen LogP contribution in [0.2, 0.25) is 0 Å². The fourth-order valence-corrected chi connectivity index (χ4v) is 2.59. The zero-order valence-corrected chi connectivity index (χ0v) is 14.3. The third kappa shape index (κ3) is 4.70. The molecule has 1 amide bonds. The van der Waals surface area contributed by atoms with Gasteiger partial charge >= 0.3 is 0 Å². The van der Waals surface area contributed by atoms with E-state index in [-0.39, 0.29) is 12.5 Å². The highest BCUT2D eigenvalue weighted by atomic mass is 16.3. The molecule has 0 aliphatic heterocycles. The normalized spacial score (nSPS) is 11.2. The van der Waals surface area contributed by atoms with E-state index in [1.165, 1.54) is 11.1 Å². The smallest absolute Gasteiger partial charge is 0.238 e. The minimum Gasteiger partial charge on any atom is -0.468 e. The number of furan rings is 1. The monoisotopic (exact) mass is 314 g/mol. The largest absolute Gasteiger partial charge is 0.468 e. The summed E-state index contributed by atoms with van der Waals surface area (Å²) in [6, 6.07) is 9.96. The molecule has 1 aromatic carbocycles. The Bertz CT molecular complexity index is 605. The molecule has 23 heavy (non-hydrogen) atoms. The van der Waals surface area contributed by atoms with Crippen LogP contribution in [-0.4, -0.2) is 12.5 Å². The van der Waals surface area contributed by atoms with E-state index in [1.54, 1.807) is 6.26 Å². The van der Waals surface area contributed by atoms with Crippen molar-refractivity contribution < 1.29 is 9.21 Å². The predicted molar refractivity (Wildman–Crippen MR) is 93.7 cm³/mol. The van der Waals surface area contributed by atoms with Gasteiger partial charge in [0, 0.05) is 5.69 Å². The molecule has 0 fully saturated rings. The first kappa shape index (κ1) is 17.3. The maximum atomic E-state index is 12.3. The Labute approximate surface area is 138 Å². The number of hydrogen-bond acceptors (Lipinski definition) is 3. The Hall–Kier alpha value is -2.07. The summed E-state index contributed by atoms with van der Waals surface area (Å²) in [6.45, 7) is 9.37. The molecule has 1 heterocycles. The number of rotatable bonds is 7. The van der Waals surface area contributed by atoms with E-state index in [0.29, 0.717) is 18.4 Å². The highest BCUT2D eigenvalue weighted by molar-refractivity contribution is 5.94. The topological polar surface area (TPSA) is 54.3 Å². The lowest BCUT2D eigenvalue weighted by molar-refractivity contribution is -0.115. The van der Waals surface area contributed by atoms with Crippen LogP contribution in [0.25, 0.3) is 0 Å². The van der Waals surface area contributed by atoms with Gasteiger partial charge in [-0.15, -0.1) is 0 Å². The van der Waals surface area contributed by atoms with Gasteiger partial charge in [0.2, 0.25) is 5.91 Å². The summed E-state index contributed by atoms with van der Waals surface area (Å²) in [5, 5.41) is 6.19. The number of anilines is 1. The molecule has 0 bridgehead atoms. The Morgan fingerprint density at radius 2 is 1.70 bits per heavy atom. The molecule has 2 N–H and O–H groups in total. The summed E-state index contributed by atoms with van der Waals surface area (Å²) >= 11 is 0. The zero-order chi connectivity index (χ0) is 16.8. The van der Waals surface area contributed by atoms with Crippen LogP contribution in [0.3, 0.4) is 0 Å². The second-order valence-corrected chi connectivity index (χ2v) is 6.35. The fourth-order valence-electron chi connectivity index (χ4n) is 2.59. The summed E-state index contributed by atoms with van der Waals surface area (Å²) in [5.41, 5.74) is 3.31. The van der Waals surface area contributed by atoms with Crippen molar-refractivity contribution >= 4 is 11.6 Å². The van der Waals surface area contributed by atoms with Crippen molar-refractivity contribution in [2.45, 2.75) is 46.1 Å². The minimum atomic E-state index is -0.0356. The van der Waals surface area contributed by atoms with Crippen LogP contribution in [0.5, 0.6) is 0 Å². The molecule has 2 rings (SSSR count). The first-order chi connectivity index (χ1) is 11.0. The quantitative estimate of drug-likeness (QED) is 0.803. The van der Waals surface area contributed by atoms with E-state index < -0.39 is 0 Å². The van der Waals surface area contributed by atoms with E-state index in [9.17, 15) is 4.79 Å². The molecule has 124 valence electrons. The lowest BCUT2D eigenvalue weighted by Crippen LogP contribution is -2.28. The molecule has 0 atom stereocenters. The molecule has 0 spiro atoms. The molecule has 0 saturated heterocycles. The number of carbonyl (C=O) groups is 1. The zero-order valence-electron chi connectivity index (χ0n) is 14.3. The number of amides is 1. The van der Waals surface area contributed by atoms with Crippen molar-refractivity contribution in [1.29, 1.82) is 0 Å². The van der Waals surface area contributed by atoms with E-state index >= 15 is 0 Å². The molecule has 1 aromatic heterocycles. The van der Waals surface area contributed by atoms with E-state index in [2.05, 4.69) is 56.5 Å². The molecule has 4 heteroatoms. The van der Waals surface area contributed by atoms with Crippen LogP contribution in [0, 0.1) is 0 Å². The number of carbonyl (C=O) groups excluding carboxylic acids is 1. The van der Waals surface area contributed by atoms with Gasteiger partial charge in [-0.1, -0.05) is 45.9 Å².